The van der Waals surface area contributed by atoms with Crippen LogP contribution in [0.5, 0.6) is 0 Å². The molecule has 3 aliphatic heterocycles. The Labute approximate surface area is 396 Å². The number of allylic oxidation sites excluding steroid dienone is 6. The van der Waals surface area contributed by atoms with Crippen molar-refractivity contribution in [1.82, 2.24) is 4.90 Å². The lowest BCUT2D eigenvalue weighted by molar-refractivity contribution is -0.265. The quantitative estimate of drug-likeness (QED) is 0.136. The van der Waals surface area contributed by atoms with Gasteiger partial charge in [-0.25, -0.2) is 4.79 Å². The van der Waals surface area contributed by atoms with Crippen molar-refractivity contribution in [3.05, 3.63) is 47.6 Å². The van der Waals surface area contributed by atoms with Gasteiger partial charge in [-0.3, -0.25) is 14.4 Å². The number of hydrogen-bond acceptors (Lipinski definition) is 12. The van der Waals surface area contributed by atoms with Crippen molar-refractivity contribution in [2.24, 2.45) is 29.6 Å². The highest BCUT2D eigenvalue weighted by atomic mass is 16.6. The van der Waals surface area contributed by atoms with E-state index in [0.29, 0.717) is 75.7 Å². The van der Waals surface area contributed by atoms with Gasteiger partial charge in [-0.2, -0.15) is 0 Å². The van der Waals surface area contributed by atoms with E-state index in [1.807, 2.05) is 78.0 Å². The number of Topliss-reactive ketones (excluding diaryl/α,β-unsaturated/α-hetero) is 2. The molecule has 13 nitrogen and oxygen atoms in total. The summed E-state index contributed by atoms with van der Waals surface area (Å²) in [6.07, 6.45) is 17.0. The van der Waals surface area contributed by atoms with Gasteiger partial charge in [0.15, 0.2) is 5.78 Å². The molecule has 1 aliphatic carbocycles. The smallest absolute Gasteiger partial charge is 0.329 e. The summed E-state index contributed by atoms with van der Waals surface area (Å²) >= 11 is 0. The van der Waals surface area contributed by atoms with E-state index >= 15 is 0 Å². The zero-order valence-corrected chi connectivity index (χ0v) is 42.1. The van der Waals surface area contributed by atoms with Crippen LogP contribution in [-0.4, -0.2) is 127 Å². The molecule has 0 aromatic heterocycles. The van der Waals surface area contributed by atoms with E-state index in [-0.39, 0.29) is 48.4 Å². The first-order valence-electron chi connectivity index (χ1n) is 24.9. The number of nitrogens with zero attached hydrogens (tertiary/aromatic N) is 1. The maximum absolute atomic E-state index is 14.3. The van der Waals surface area contributed by atoms with E-state index in [9.17, 15) is 29.4 Å². The molecule has 0 aromatic carbocycles. The van der Waals surface area contributed by atoms with Crippen LogP contribution < -0.4 is 0 Å². The molecule has 4 rings (SSSR count). The number of carbonyl (C=O) groups is 4. The molecule has 3 fully saturated rings. The van der Waals surface area contributed by atoms with Gasteiger partial charge in [-0.15, -0.1) is 0 Å². The molecule has 2 bridgehead atoms. The lowest BCUT2D eigenvalue weighted by Crippen LogP contribution is -2.60. The van der Waals surface area contributed by atoms with Crippen molar-refractivity contribution in [3.63, 3.8) is 0 Å². The molecule has 0 aromatic rings. The van der Waals surface area contributed by atoms with E-state index in [2.05, 4.69) is 6.92 Å². The van der Waals surface area contributed by atoms with E-state index in [1.54, 1.807) is 21.1 Å². The van der Waals surface area contributed by atoms with Crippen LogP contribution in [0.1, 0.15) is 145 Å². The summed E-state index contributed by atoms with van der Waals surface area (Å²) in [5.41, 5.74) is 1.58. The van der Waals surface area contributed by atoms with Crippen LogP contribution in [0, 0.1) is 29.6 Å². The molecule has 13 heteroatoms. The number of amides is 1. The number of ketones is 2. The number of esters is 1. The monoisotopic (exact) mass is 928 g/mol. The normalized spacial score (nSPS) is 39.5. The Bertz CT molecular complexity index is 1710. The predicted octanol–water partition coefficient (Wildman–Crippen LogP) is 8.19. The SMILES string of the molecule is CO[C@@H]1/C=C/C(C)=C/C=C/[C@@H](C)C[C@@H](C)C(=O)[C@H](OC)[C@H](O)/C(C)=C/[C@@H](C)CC[C@@H](CC[C@@H]2CC[C@@H](OC(C)C)[C@H](OC)C2)OC(=O)[C@@H]2CCCCN2C(=O)C(=O)C2(O)O[C@@H](CC[C@H]2C)C1. The van der Waals surface area contributed by atoms with E-state index in [1.165, 1.54) is 12.0 Å². The molecular formula is C53H85NO12. The zero-order chi connectivity index (χ0) is 48.7. The summed E-state index contributed by atoms with van der Waals surface area (Å²) in [7, 11) is 4.77. The average Bonchev–Trinajstić information content (AvgIpc) is 3.29. The van der Waals surface area contributed by atoms with E-state index in [4.69, 9.17) is 28.4 Å². The van der Waals surface area contributed by atoms with Crippen molar-refractivity contribution in [3.8, 4) is 0 Å². The van der Waals surface area contributed by atoms with E-state index < -0.39 is 65.9 Å². The third-order valence-electron chi connectivity index (χ3n) is 14.4. The second kappa shape index (κ2) is 26.6. The lowest BCUT2D eigenvalue weighted by Gasteiger charge is -2.42. The molecule has 2 N–H and O–H groups in total. The first kappa shape index (κ1) is 55.6. The standard InChI is InChI=1S/C53H85NO12/c1-33(2)64-45-27-22-40(31-46(45)62-10)21-26-41-23-19-36(5)30-38(7)48(56)49(63-11)47(55)37(6)29-35(4)16-14-15-34(3)18-24-42(61-9)32-43-25-20-39(8)53(60,66-43)50(57)51(58)54-28-13-12-17-44(54)52(59)65-41/h14-16,18,24,30,33,35-37,39-46,48-49,56,60H,12-13,17,19-23,25-29,31-32H2,1-11H3/b16-14+,24-18+,34-15+,38-30+/t35-,36+,37-,39-,40-,41+,42-,43+,44+,45-,46-,48-,49+,53?/m1/s1. The molecule has 0 radical (unpaired) electrons. The number of ether oxygens (including phenoxy) is 6. The van der Waals surface area contributed by atoms with Crippen LogP contribution in [0.3, 0.4) is 0 Å². The third kappa shape index (κ3) is 15.8. The summed E-state index contributed by atoms with van der Waals surface area (Å²) in [6.45, 7) is 15.7. The first-order valence-corrected chi connectivity index (χ1v) is 24.9. The van der Waals surface area contributed by atoms with Crippen LogP contribution in [0.2, 0.25) is 0 Å². The summed E-state index contributed by atoms with van der Waals surface area (Å²) < 4.78 is 36.0. The van der Waals surface area contributed by atoms with Crippen LogP contribution in [0.15, 0.2) is 47.6 Å². The number of rotatable bonds is 8. The van der Waals surface area contributed by atoms with Crippen LogP contribution in [0.4, 0.5) is 0 Å². The number of fused-ring (bicyclic) bond motifs is 3. The molecule has 0 spiro atoms. The van der Waals surface area contributed by atoms with E-state index in [0.717, 1.165) is 31.3 Å². The molecule has 1 unspecified atom stereocenters. The molecule has 3 heterocycles. The van der Waals surface area contributed by atoms with Crippen molar-refractivity contribution in [2.75, 3.05) is 27.9 Å². The fourth-order valence-electron chi connectivity index (χ4n) is 10.3. The zero-order valence-electron chi connectivity index (χ0n) is 42.1. The highest BCUT2D eigenvalue weighted by Crippen LogP contribution is 2.37. The molecular weight excluding hydrogens is 843 g/mol. The Hall–Kier alpha value is -3.04. The third-order valence-corrected chi connectivity index (χ3v) is 14.4. The highest BCUT2D eigenvalue weighted by Gasteiger charge is 2.53. The minimum absolute atomic E-state index is 0.0253. The number of hydrogen-bond donors (Lipinski definition) is 2. The van der Waals surface area contributed by atoms with Crippen LogP contribution >= 0.6 is 0 Å². The molecule has 1 amide bonds. The average molecular weight is 928 g/mol. The van der Waals surface area contributed by atoms with Gasteiger partial charge in [0.2, 0.25) is 5.79 Å². The summed E-state index contributed by atoms with van der Waals surface area (Å²) in [5, 5.41) is 23.4. The lowest BCUT2D eigenvalue weighted by atomic mass is 9.81. The highest BCUT2D eigenvalue weighted by molar-refractivity contribution is 6.39. The van der Waals surface area contributed by atoms with Gasteiger partial charge < -0.3 is 43.5 Å². The van der Waals surface area contributed by atoms with Gasteiger partial charge in [0.05, 0.1) is 30.5 Å². The minimum atomic E-state index is -2.37. The summed E-state index contributed by atoms with van der Waals surface area (Å²) in [4.78, 5) is 57.8. The fraction of sp³-hybridized carbons (Fsp3) is 0.774. The van der Waals surface area contributed by atoms with Crippen LogP contribution in [-0.2, 0) is 47.6 Å². The number of methoxy groups -OCH3 is 3. The predicted molar refractivity (Wildman–Crippen MR) is 254 cm³/mol. The van der Waals surface area contributed by atoms with Crippen LogP contribution in [0.25, 0.3) is 0 Å². The number of aliphatic hydroxyl groups excluding tert-OH is 1. The maximum Gasteiger partial charge on any atom is 0.329 e. The molecule has 4 aliphatic rings. The maximum atomic E-state index is 14.3. The number of cyclic esters (lactones) is 1. The Morgan fingerprint density at radius 3 is 2.24 bits per heavy atom. The van der Waals surface area contributed by atoms with Crippen molar-refractivity contribution < 1.29 is 57.8 Å². The Kier molecular flexibility index (Phi) is 22.4. The molecule has 374 valence electrons. The second-order valence-electron chi connectivity index (χ2n) is 20.3. The largest absolute Gasteiger partial charge is 0.461 e. The Balaban J connectivity index is 1.64. The van der Waals surface area contributed by atoms with Gasteiger partial charge in [-0.05, 0) is 134 Å². The molecule has 1 saturated carbocycles. The number of carbonyl (C=O) groups excluding carboxylic acids is 4. The van der Waals surface area contributed by atoms with Gasteiger partial charge in [-0.1, -0.05) is 69.7 Å². The Morgan fingerprint density at radius 2 is 1.56 bits per heavy atom. The number of aliphatic hydroxyl groups is 2. The second-order valence-corrected chi connectivity index (χ2v) is 20.3. The molecule has 2 saturated heterocycles. The van der Waals surface area contributed by atoms with Crippen molar-refractivity contribution in [2.45, 2.75) is 206 Å². The number of piperidine rings is 1. The van der Waals surface area contributed by atoms with Crippen molar-refractivity contribution >= 4 is 23.4 Å². The van der Waals surface area contributed by atoms with Crippen molar-refractivity contribution in [1.29, 1.82) is 0 Å². The van der Waals surface area contributed by atoms with Gasteiger partial charge in [0.25, 0.3) is 11.7 Å². The van der Waals surface area contributed by atoms with Gasteiger partial charge in [0.1, 0.15) is 24.4 Å². The minimum Gasteiger partial charge on any atom is -0.461 e. The fourth-order valence-corrected chi connectivity index (χ4v) is 10.3. The molecule has 66 heavy (non-hydrogen) atoms. The Morgan fingerprint density at radius 1 is 0.818 bits per heavy atom. The summed E-state index contributed by atoms with van der Waals surface area (Å²) in [5.74, 6) is -5.77. The van der Waals surface area contributed by atoms with Gasteiger partial charge >= 0.3 is 5.97 Å². The first-order chi connectivity index (χ1) is 31.3. The molecule has 14 atom stereocenters. The van der Waals surface area contributed by atoms with Gasteiger partial charge in [0, 0.05) is 46.1 Å². The topological polar surface area (TPSA) is 167 Å². The summed E-state index contributed by atoms with van der Waals surface area (Å²) in [6, 6.07) is -0.994.